The SMILES string of the molecule is Cn1nccc1C[S@@](=O)Cc1cc(Br)ccc1Cl. The summed E-state index contributed by atoms with van der Waals surface area (Å²) in [5, 5.41) is 4.71. The first-order chi connectivity index (χ1) is 8.56. The van der Waals surface area contributed by atoms with Crippen molar-refractivity contribution >= 4 is 38.3 Å². The van der Waals surface area contributed by atoms with Crippen LogP contribution in [0.15, 0.2) is 34.9 Å². The maximum Gasteiger partial charge on any atom is 0.0659 e. The molecular weight excluding hydrogens is 336 g/mol. The second kappa shape index (κ2) is 5.99. The summed E-state index contributed by atoms with van der Waals surface area (Å²) < 4.78 is 14.8. The monoisotopic (exact) mass is 346 g/mol. The molecule has 1 atom stereocenters. The van der Waals surface area contributed by atoms with Crippen LogP contribution in [0.4, 0.5) is 0 Å². The number of halogens is 2. The van der Waals surface area contributed by atoms with Gasteiger partial charge in [-0.2, -0.15) is 5.10 Å². The summed E-state index contributed by atoms with van der Waals surface area (Å²) >= 11 is 9.47. The molecule has 0 aliphatic carbocycles. The number of benzene rings is 1. The fourth-order valence-electron chi connectivity index (χ4n) is 1.59. The Labute approximate surface area is 122 Å². The molecule has 0 bridgehead atoms. The summed E-state index contributed by atoms with van der Waals surface area (Å²) in [6, 6.07) is 7.46. The predicted molar refractivity (Wildman–Crippen MR) is 77.9 cm³/mol. The summed E-state index contributed by atoms with van der Waals surface area (Å²) in [7, 11) is 0.851. The minimum Gasteiger partial charge on any atom is -0.272 e. The molecule has 6 heteroatoms. The molecular formula is C12H12BrClN2OS. The zero-order chi connectivity index (χ0) is 13.1. The van der Waals surface area contributed by atoms with Gasteiger partial charge in [-0.25, -0.2) is 0 Å². The third kappa shape index (κ3) is 3.43. The number of rotatable bonds is 4. The van der Waals surface area contributed by atoms with Crippen molar-refractivity contribution in [2.75, 3.05) is 0 Å². The Balaban J connectivity index is 2.08. The fourth-order valence-corrected chi connectivity index (χ4v) is 3.56. The molecule has 0 N–H and O–H groups in total. The second-order valence-corrected chi connectivity index (χ2v) is 6.69. The van der Waals surface area contributed by atoms with E-state index in [-0.39, 0.29) is 0 Å². The van der Waals surface area contributed by atoms with E-state index in [4.69, 9.17) is 11.6 Å². The van der Waals surface area contributed by atoms with Gasteiger partial charge in [0, 0.05) is 33.5 Å². The quantitative estimate of drug-likeness (QED) is 0.850. The molecule has 0 amide bonds. The van der Waals surface area contributed by atoms with Gasteiger partial charge in [-0.3, -0.25) is 8.89 Å². The molecule has 0 radical (unpaired) electrons. The lowest BCUT2D eigenvalue weighted by Gasteiger charge is -2.06. The van der Waals surface area contributed by atoms with Gasteiger partial charge in [-0.05, 0) is 29.8 Å². The number of aryl methyl sites for hydroxylation is 1. The molecule has 0 fully saturated rings. The Morgan fingerprint density at radius 2 is 2.17 bits per heavy atom. The lowest BCUT2D eigenvalue weighted by atomic mass is 10.2. The molecule has 1 aromatic carbocycles. The topological polar surface area (TPSA) is 34.9 Å². The van der Waals surface area contributed by atoms with Crippen LogP contribution < -0.4 is 0 Å². The standard InChI is InChI=1S/C12H12BrClN2OS/c1-16-11(4-5-15-16)8-18(17)7-9-6-10(13)2-3-12(9)14/h2-6H,7-8H2,1H3/t18-/m0/s1. The van der Waals surface area contributed by atoms with Gasteiger partial charge in [-0.1, -0.05) is 27.5 Å². The largest absolute Gasteiger partial charge is 0.272 e. The van der Waals surface area contributed by atoms with Gasteiger partial charge in [0.2, 0.25) is 0 Å². The van der Waals surface area contributed by atoms with Crippen LogP contribution in [0.5, 0.6) is 0 Å². The minimum atomic E-state index is -0.995. The zero-order valence-corrected chi connectivity index (χ0v) is 12.9. The van der Waals surface area contributed by atoms with Crippen LogP contribution in [0.3, 0.4) is 0 Å². The van der Waals surface area contributed by atoms with Crippen molar-refractivity contribution in [1.82, 2.24) is 9.78 Å². The molecule has 1 aromatic heterocycles. The molecule has 0 saturated heterocycles. The highest BCUT2D eigenvalue weighted by Crippen LogP contribution is 2.22. The van der Waals surface area contributed by atoms with Gasteiger partial charge < -0.3 is 0 Å². The summed E-state index contributed by atoms with van der Waals surface area (Å²) in [5.74, 6) is 0.933. The highest BCUT2D eigenvalue weighted by atomic mass is 79.9. The Morgan fingerprint density at radius 1 is 1.39 bits per heavy atom. The number of aromatic nitrogens is 2. The van der Waals surface area contributed by atoms with Gasteiger partial charge in [-0.15, -0.1) is 0 Å². The molecule has 2 aromatic rings. The Kier molecular flexibility index (Phi) is 4.59. The van der Waals surface area contributed by atoms with Gasteiger partial charge in [0.15, 0.2) is 0 Å². The van der Waals surface area contributed by atoms with Crippen LogP contribution in [0.25, 0.3) is 0 Å². The van der Waals surface area contributed by atoms with E-state index in [2.05, 4.69) is 21.0 Å². The van der Waals surface area contributed by atoms with Crippen LogP contribution in [-0.2, 0) is 29.4 Å². The van der Waals surface area contributed by atoms with Crippen molar-refractivity contribution in [2.45, 2.75) is 11.5 Å². The molecule has 0 spiro atoms. The van der Waals surface area contributed by atoms with E-state index in [9.17, 15) is 4.21 Å². The molecule has 0 unspecified atom stereocenters. The maximum atomic E-state index is 12.1. The first-order valence-electron chi connectivity index (χ1n) is 5.32. The summed E-state index contributed by atoms with van der Waals surface area (Å²) in [5.41, 5.74) is 1.85. The molecule has 3 nitrogen and oxygen atoms in total. The van der Waals surface area contributed by atoms with Gasteiger partial charge in [0.25, 0.3) is 0 Å². The van der Waals surface area contributed by atoms with Crippen molar-refractivity contribution in [3.05, 3.63) is 51.2 Å². The van der Waals surface area contributed by atoms with E-state index < -0.39 is 10.8 Å². The Bertz CT molecular complexity index is 585. The van der Waals surface area contributed by atoms with Crippen molar-refractivity contribution in [2.24, 2.45) is 7.05 Å². The van der Waals surface area contributed by atoms with E-state index in [1.165, 1.54) is 0 Å². The molecule has 18 heavy (non-hydrogen) atoms. The van der Waals surface area contributed by atoms with Crippen molar-refractivity contribution in [1.29, 1.82) is 0 Å². The van der Waals surface area contributed by atoms with Crippen LogP contribution in [0.2, 0.25) is 5.02 Å². The third-order valence-corrected chi connectivity index (χ3v) is 4.67. The van der Waals surface area contributed by atoms with Crippen LogP contribution in [-0.4, -0.2) is 14.0 Å². The summed E-state index contributed by atoms with van der Waals surface area (Å²) in [6.07, 6.45) is 1.71. The first kappa shape index (κ1) is 13.8. The smallest absolute Gasteiger partial charge is 0.0659 e. The third-order valence-electron chi connectivity index (χ3n) is 2.56. The van der Waals surface area contributed by atoms with E-state index in [1.807, 2.05) is 31.3 Å². The molecule has 0 aliphatic rings. The van der Waals surface area contributed by atoms with Gasteiger partial charge >= 0.3 is 0 Å². The molecule has 2 rings (SSSR count). The molecule has 96 valence electrons. The van der Waals surface area contributed by atoms with Crippen LogP contribution >= 0.6 is 27.5 Å². The summed E-state index contributed by atoms with van der Waals surface area (Å²) in [6.45, 7) is 0. The van der Waals surface area contributed by atoms with Gasteiger partial charge in [0.05, 0.1) is 17.2 Å². The van der Waals surface area contributed by atoms with Crippen molar-refractivity contribution in [3.63, 3.8) is 0 Å². The van der Waals surface area contributed by atoms with E-state index in [1.54, 1.807) is 10.9 Å². The molecule has 0 saturated carbocycles. The number of hydrogen-bond donors (Lipinski definition) is 0. The highest BCUT2D eigenvalue weighted by Gasteiger charge is 2.09. The van der Waals surface area contributed by atoms with Crippen LogP contribution in [0, 0.1) is 0 Å². The van der Waals surface area contributed by atoms with E-state index in [0.29, 0.717) is 16.5 Å². The molecule has 0 aliphatic heterocycles. The summed E-state index contributed by atoms with van der Waals surface area (Å²) in [4.78, 5) is 0. The second-order valence-electron chi connectivity index (χ2n) is 3.91. The van der Waals surface area contributed by atoms with E-state index in [0.717, 1.165) is 15.7 Å². The van der Waals surface area contributed by atoms with Crippen LogP contribution in [0.1, 0.15) is 11.3 Å². The highest BCUT2D eigenvalue weighted by molar-refractivity contribution is 9.10. The lowest BCUT2D eigenvalue weighted by Crippen LogP contribution is -2.05. The number of nitrogens with zero attached hydrogens (tertiary/aromatic N) is 2. The van der Waals surface area contributed by atoms with Crippen molar-refractivity contribution in [3.8, 4) is 0 Å². The Hall–Kier alpha value is -0.650. The van der Waals surface area contributed by atoms with Gasteiger partial charge in [0.1, 0.15) is 0 Å². The lowest BCUT2D eigenvalue weighted by molar-refractivity contribution is 0.676. The normalized spacial score (nSPS) is 12.6. The zero-order valence-electron chi connectivity index (χ0n) is 9.77. The van der Waals surface area contributed by atoms with Crippen molar-refractivity contribution < 1.29 is 4.21 Å². The average molecular weight is 348 g/mol. The fraction of sp³-hybridized carbons (Fsp3) is 0.250. The molecule has 1 heterocycles. The maximum absolute atomic E-state index is 12.1. The minimum absolute atomic E-state index is 0.448. The Morgan fingerprint density at radius 3 is 2.83 bits per heavy atom. The number of hydrogen-bond acceptors (Lipinski definition) is 2. The average Bonchev–Trinajstić information content (AvgIpc) is 2.70. The first-order valence-corrected chi connectivity index (χ1v) is 7.98. The predicted octanol–water partition coefficient (Wildman–Crippen LogP) is 3.28. The van der Waals surface area contributed by atoms with E-state index >= 15 is 0 Å².